The highest BCUT2D eigenvalue weighted by atomic mass is 16.1. The Hall–Kier alpha value is -1.97. The number of rotatable bonds is 3. The Kier molecular flexibility index (Phi) is 3.10. The fourth-order valence-corrected chi connectivity index (χ4v) is 1.52. The molecule has 0 aromatic carbocycles. The number of pyridine rings is 1. The molecule has 16 heavy (non-hydrogen) atoms. The predicted octanol–water partition coefficient (Wildman–Crippen LogP) is 1.32. The third kappa shape index (κ3) is 2.53. The molecule has 0 aliphatic rings. The van der Waals surface area contributed by atoms with E-state index in [1.807, 2.05) is 19.1 Å². The number of aromatic nitrogens is 3. The van der Waals surface area contributed by atoms with Gasteiger partial charge in [-0.3, -0.25) is 9.78 Å². The van der Waals surface area contributed by atoms with Crippen LogP contribution in [0, 0.1) is 0 Å². The van der Waals surface area contributed by atoms with Gasteiger partial charge in [-0.2, -0.15) is 0 Å². The van der Waals surface area contributed by atoms with Crippen LogP contribution in [0.25, 0.3) is 0 Å². The minimum Gasteiger partial charge on any atom is -0.310 e. The van der Waals surface area contributed by atoms with Crippen LogP contribution in [0.3, 0.4) is 0 Å². The summed E-state index contributed by atoms with van der Waals surface area (Å²) in [6.45, 7) is 1.98. The van der Waals surface area contributed by atoms with Crippen LogP contribution in [0.15, 0.2) is 35.4 Å². The van der Waals surface area contributed by atoms with Crippen LogP contribution < -0.4 is 5.56 Å². The van der Waals surface area contributed by atoms with Gasteiger partial charge in [0.1, 0.15) is 5.82 Å². The largest absolute Gasteiger partial charge is 0.310 e. The lowest BCUT2D eigenvalue weighted by atomic mass is 10.2. The Labute approximate surface area is 93.4 Å². The standard InChI is InChI=1S/C12H13N3O/c1-2-10-7-12(16)15-11(14-10)6-9-4-3-5-13-8-9/h3-5,7-8H,2,6H2,1H3,(H,14,15,16). The summed E-state index contributed by atoms with van der Waals surface area (Å²) in [6, 6.07) is 5.37. The highest BCUT2D eigenvalue weighted by molar-refractivity contribution is 5.15. The fraction of sp³-hybridized carbons (Fsp3) is 0.250. The topological polar surface area (TPSA) is 58.6 Å². The summed E-state index contributed by atoms with van der Waals surface area (Å²) >= 11 is 0. The average Bonchev–Trinajstić information content (AvgIpc) is 2.29. The summed E-state index contributed by atoms with van der Waals surface area (Å²) in [7, 11) is 0. The van der Waals surface area contributed by atoms with Gasteiger partial charge in [0.15, 0.2) is 0 Å². The van der Waals surface area contributed by atoms with Crippen LogP contribution >= 0.6 is 0 Å². The van der Waals surface area contributed by atoms with E-state index < -0.39 is 0 Å². The zero-order chi connectivity index (χ0) is 11.4. The molecule has 1 N–H and O–H groups in total. The van der Waals surface area contributed by atoms with Crippen molar-refractivity contribution in [1.82, 2.24) is 15.0 Å². The molecule has 2 rings (SSSR count). The van der Waals surface area contributed by atoms with Crippen molar-refractivity contribution in [2.24, 2.45) is 0 Å². The second-order valence-corrected chi connectivity index (χ2v) is 3.58. The molecule has 2 aromatic heterocycles. The maximum absolute atomic E-state index is 11.3. The summed E-state index contributed by atoms with van der Waals surface area (Å²) in [5.41, 5.74) is 1.77. The quantitative estimate of drug-likeness (QED) is 0.840. The van der Waals surface area contributed by atoms with Gasteiger partial charge in [0.2, 0.25) is 0 Å². The minimum absolute atomic E-state index is 0.0919. The summed E-state index contributed by atoms with van der Waals surface area (Å²) in [5, 5.41) is 0. The van der Waals surface area contributed by atoms with Crippen molar-refractivity contribution in [3.8, 4) is 0 Å². The molecule has 0 saturated heterocycles. The smallest absolute Gasteiger partial charge is 0.251 e. The first-order valence-electron chi connectivity index (χ1n) is 5.26. The van der Waals surface area contributed by atoms with Gasteiger partial charge in [-0.1, -0.05) is 13.0 Å². The monoisotopic (exact) mass is 215 g/mol. The first-order valence-corrected chi connectivity index (χ1v) is 5.26. The summed E-state index contributed by atoms with van der Waals surface area (Å²) in [4.78, 5) is 22.5. The Morgan fingerprint density at radius 3 is 3.00 bits per heavy atom. The van der Waals surface area contributed by atoms with E-state index in [2.05, 4.69) is 15.0 Å². The maximum Gasteiger partial charge on any atom is 0.251 e. The number of H-pyrrole nitrogens is 1. The minimum atomic E-state index is -0.0919. The van der Waals surface area contributed by atoms with Crippen LogP contribution in [0.4, 0.5) is 0 Å². The van der Waals surface area contributed by atoms with Crippen LogP contribution in [0.1, 0.15) is 24.0 Å². The molecule has 0 atom stereocenters. The van der Waals surface area contributed by atoms with E-state index in [-0.39, 0.29) is 5.56 Å². The van der Waals surface area contributed by atoms with E-state index in [9.17, 15) is 4.79 Å². The van der Waals surface area contributed by atoms with Crippen molar-refractivity contribution in [3.05, 3.63) is 58.0 Å². The Balaban J connectivity index is 2.28. The number of aryl methyl sites for hydroxylation is 1. The molecule has 0 saturated carbocycles. The van der Waals surface area contributed by atoms with E-state index in [4.69, 9.17) is 0 Å². The molecule has 0 bridgehead atoms. The lowest BCUT2D eigenvalue weighted by Gasteiger charge is -2.02. The zero-order valence-corrected chi connectivity index (χ0v) is 9.10. The molecule has 2 heterocycles. The molecule has 2 aromatic rings. The number of nitrogens with zero attached hydrogens (tertiary/aromatic N) is 2. The third-order valence-corrected chi connectivity index (χ3v) is 2.30. The Bertz CT molecular complexity index is 519. The normalized spacial score (nSPS) is 10.3. The number of aromatic amines is 1. The van der Waals surface area contributed by atoms with Crippen LogP contribution in [-0.2, 0) is 12.8 Å². The Morgan fingerprint density at radius 2 is 2.31 bits per heavy atom. The fourth-order valence-electron chi connectivity index (χ4n) is 1.52. The van der Waals surface area contributed by atoms with Crippen molar-refractivity contribution in [2.75, 3.05) is 0 Å². The van der Waals surface area contributed by atoms with Crippen molar-refractivity contribution in [3.63, 3.8) is 0 Å². The summed E-state index contributed by atoms with van der Waals surface area (Å²) < 4.78 is 0. The summed E-state index contributed by atoms with van der Waals surface area (Å²) in [6.07, 6.45) is 4.88. The lowest BCUT2D eigenvalue weighted by Crippen LogP contribution is -2.12. The van der Waals surface area contributed by atoms with E-state index >= 15 is 0 Å². The zero-order valence-electron chi connectivity index (χ0n) is 9.10. The van der Waals surface area contributed by atoms with Crippen molar-refractivity contribution < 1.29 is 0 Å². The lowest BCUT2D eigenvalue weighted by molar-refractivity contribution is 0.885. The second-order valence-electron chi connectivity index (χ2n) is 3.58. The molecule has 4 heteroatoms. The van der Waals surface area contributed by atoms with Gasteiger partial charge < -0.3 is 4.98 Å². The SMILES string of the molecule is CCc1cc(=O)[nH]c(Cc2cccnc2)n1. The molecular formula is C12H13N3O. The van der Waals surface area contributed by atoms with Gasteiger partial charge in [0, 0.05) is 30.6 Å². The number of hydrogen-bond donors (Lipinski definition) is 1. The van der Waals surface area contributed by atoms with E-state index in [0.717, 1.165) is 17.7 Å². The Morgan fingerprint density at radius 1 is 1.44 bits per heavy atom. The van der Waals surface area contributed by atoms with Gasteiger partial charge >= 0.3 is 0 Å². The summed E-state index contributed by atoms with van der Waals surface area (Å²) in [5.74, 6) is 0.692. The second kappa shape index (κ2) is 4.70. The van der Waals surface area contributed by atoms with Crippen molar-refractivity contribution in [2.45, 2.75) is 19.8 Å². The van der Waals surface area contributed by atoms with Crippen LogP contribution in [0.5, 0.6) is 0 Å². The molecule has 0 aliphatic carbocycles. The van der Waals surface area contributed by atoms with Gasteiger partial charge in [0.05, 0.1) is 0 Å². The van der Waals surface area contributed by atoms with E-state index in [1.54, 1.807) is 12.4 Å². The molecular weight excluding hydrogens is 202 g/mol. The van der Waals surface area contributed by atoms with Gasteiger partial charge in [-0.15, -0.1) is 0 Å². The van der Waals surface area contributed by atoms with Gasteiger partial charge in [-0.05, 0) is 18.1 Å². The first-order chi connectivity index (χ1) is 7.78. The molecule has 4 nitrogen and oxygen atoms in total. The maximum atomic E-state index is 11.3. The molecule has 0 unspecified atom stereocenters. The molecule has 0 radical (unpaired) electrons. The molecule has 0 fully saturated rings. The van der Waals surface area contributed by atoms with Gasteiger partial charge in [0.25, 0.3) is 5.56 Å². The highest BCUT2D eigenvalue weighted by Crippen LogP contribution is 2.02. The van der Waals surface area contributed by atoms with E-state index in [0.29, 0.717) is 12.2 Å². The van der Waals surface area contributed by atoms with Gasteiger partial charge in [-0.25, -0.2) is 4.98 Å². The number of nitrogens with one attached hydrogen (secondary N) is 1. The molecule has 82 valence electrons. The van der Waals surface area contributed by atoms with Crippen molar-refractivity contribution in [1.29, 1.82) is 0 Å². The number of hydrogen-bond acceptors (Lipinski definition) is 3. The third-order valence-electron chi connectivity index (χ3n) is 2.30. The van der Waals surface area contributed by atoms with Crippen LogP contribution in [0.2, 0.25) is 0 Å². The average molecular weight is 215 g/mol. The molecule has 0 spiro atoms. The van der Waals surface area contributed by atoms with E-state index in [1.165, 1.54) is 6.07 Å². The van der Waals surface area contributed by atoms with Crippen LogP contribution in [-0.4, -0.2) is 15.0 Å². The highest BCUT2D eigenvalue weighted by Gasteiger charge is 2.01. The predicted molar refractivity (Wildman–Crippen MR) is 61.3 cm³/mol. The molecule has 0 aliphatic heterocycles. The molecule has 0 amide bonds. The van der Waals surface area contributed by atoms with Crippen molar-refractivity contribution >= 4 is 0 Å². The first kappa shape index (κ1) is 10.5.